The lowest BCUT2D eigenvalue weighted by atomic mass is 9.69. The summed E-state index contributed by atoms with van der Waals surface area (Å²) in [7, 11) is 0. The Balaban J connectivity index is 3.09. The van der Waals surface area contributed by atoms with Crippen LogP contribution in [-0.2, 0) is 24.6 Å². The Morgan fingerprint density at radius 1 is 0.630 bits per heavy atom. The molecular weight excluding hydrogens is 348 g/mol. The van der Waals surface area contributed by atoms with Gasteiger partial charge in [0.25, 0.3) is 5.79 Å². The average molecular weight is 360 g/mol. The Morgan fingerprint density at radius 2 is 1.04 bits per heavy atom. The second-order valence-corrected chi connectivity index (χ2v) is 5.29. The number of benzene rings is 2. The third-order valence-corrected chi connectivity index (χ3v) is 4.09. The molecule has 8 heteroatoms. The number of nitrogens with zero attached hydrogens (tertiary/aromatic N) is 4. The monoisotopic (exact) mass is 360 g/mol. The van der Waals surface area contributed by atoms with Crippen LogP contribution in [0.1, 0.15) is 11.1 Å². The molecule has 0 aliphatic rings. The van der Waals surface area contributed by atoms with Gasteiger partial charge >= 0.3 is 0 Å². The normalized spacial score (nSPS) is 12.1. The quantitative estimate of drug-likeness (QED) is 0.528. The first-order chi connectivity index (χ1) is 13.2. The van der Waals surface area contributed by atoms with Gasteiger partial charge in [0, 0.05) is 0 Å². The van der Waals surface area contributed by atoms with Crippen LogP contribution in [0.2, 0.25) is 0 Å². The Morgan fingerprint density at radius 3 is 1.37 bits per heavy atom. The van der Waals surface area contributed by atoms with Gasteiger partial charge in [-0.1, -0.05) is 60.7 Å². The first-order valence-electron chi connectivity index (χ1n) is 7.62. The number of rotatable bonds is 8. The van der Waals surface area contributed by atoms with Crippen molar-refractivity contribution in [1.29, 1.82) is 0 Å². The van der Waals surface area contributed by atoms with Crippen molar-refractivity contribution in [3.63, 3.8) is 0 Å². The molecule has 2 aromatic carbocycles. The van der Waals surface area contributed by atoms with Crippen molar-refractivity contribution in [1.82, 2.24) is 0 Å². The van der Waals surface area contributed by atoms with Crippen molar-refractivity contribution in [3.8, 4) is 0 Å². The van der Waals surface area contributed by atoms with Gasteiger partial charge in [0.05, 0.1) is 6.54 Å². The molecule has 0 saturated heterocycles. The van der Waals surface area contributed by atoms with E-state index in [1.165, 1.54) is 24.3 Å². The highest BCUT2D eigenvalue weighted by atomic mass is 16.1. The summed E-state index contributed by atoms with van der Waals surface area (Å²) in [6, 6.07) is 16.8. The zero-order chi connectivity index (χ0) is 19.6. The predicted molar refractivity (Wildman–Crippen MR) is 93.7 cm³/mol. The number of hydrogen-bond donors (Lipinski definition) is 0. The molecule has 0 unspecified atom stereocenters. The Labute approximate surface area is 153 Å². The molecule has 0 fully saturated rings. The largest absolute Gasteiger partial charge is 0.292 e. The molecule has 0 atom stereocenters. The predicted octanol–water partition coefficient (Wildman–Crippen LogP) is 1.97. The molecular formula is C19H12N4O4. The average Bonchev–Trinajstić information content (AvgIpc) is 2.71. The lowest BCUT2D eigenvalue weighted by molar-refractivity contribution is 0.286. The first-order valence-corrected chi connectivity index (χ1v) is 7.62. The fourth-order valence-electron chi connectivity index (χ4n) is 2.99. The van der Waals surface area contributed by atoms with Gasteiger partial charge in [0.1, 0.15) is 5.41 Å². The van der Waals surface area contributed by atoms with Crippen LogP contribution in [0.4, 0.5) is 0 Å². The van der Waals surface area contributed by atoms with Crippen molar-refractivity contribution in [3.05, 3.63) is 71.8 Å². The van der Waals surface area contributed by atoms with E-state index in [1.807, 2.05) is 0 Å². The molecule has 0 aromatic heterocycles. The molecule has 0 spiro atoms. The lowest BCUT2D eigenvalue weighted by Crippen LogP contribution is -2.51. The fraction of sp³-hybridized carbons (Fsp3) is 0.158. The maximum atomic E-state index is 11.2. The van der Waals surface area contributed by atoms with E-state index in [0.29, 0.717) is 11.1 Å². The van der Waals surface area contributed by atoms with Gasteiger partial charge in [-0.2, -0.15) is 0 Å². The second-order valence-electron chi connectivity index (χ2n) is 5.29. The van der Waals surface area contributed by atoms with E-state index in [2.05, 4.69) is 20.0 Å². The molecule has 0 radical (unpaired) electrons. The van der Waals surface area contributed by atoms with Gasteiger partial charge in [-0.05, 0) is 11.1 Å². The van der Waals surface area contributed by atoms with Gasteiger partial charge in [-0.15, -0.1) is 15.0 Å². The third kappa shape index (κ3) is 3.51. The van der Waals surface area contributed by atoms with E-state index in [-0.39, 0.29) is 6.54 Å². The Hall–Kier alpha value is -4.04. The Bertz CT molecular complexity index is 896. The summed E-state index contributed by atoms with van der Waals surface area (Å²) in [4.78, 5) is 58.7. The zero-order valence-corrected chi connectivity index (χ0v) is 13.9. The summed E-state index contributed by atoms with van der Waals surface area (Å²) in [5.41, 5.74) is -0.737. The molecule has 2 aromatic rings. The molecule has 0 N–H and O–H groups in total. The molecule has 8 nitrogen and oxygen atoms in total. The maximum Gasteiger partial charge on any atom is 0.292 e. The molecule has 132 valence electrons. The maximum absolute atomic E-state index is 11.2. The number of isocyanates is 4. The van der Waals surface area contributed by atoms with Crippen LogP contribution in [0.25, 0.3) is 0 Å². The molecule has 2 rings (SSSR count). The van der Waals surface area contributed by atoms with Crippen LogP contribution in [0.5, 0.6) is 0 Å². The highest BCUT2D eigenvalue weighted by molar-refractivity contribution is 5.53. The van der Waals surface area contributed by atoms with Crippen LogP contribution in [0.3, 0.4) is 0 Å². The molecule has 0 aliphatic carbocycles. The topological polar surface area (TPSA) is 118 Å². The van der Waals surface area contributed by atoms with E-state index in [0.717, 1.165) is 0 Å². The summed E-state index contributed by atoms with van der Waals surface area (Å²) in [5.74, 6) is -2.35. The smallest absolute Gasteiger partial charge is 0.211 e. The zero-order valence-electron chi connectivity index (χ0n) is 13.9. The SMILES string of the molecule is O=C=NCC(c1ccccc1)(c1ccccc1)C(N=C=O)(N=C=O)N=C=O. The molecule has 27 heavy (non-hydrogen) atoms. The van der Waals surface area contributed by atoms with E-state index in [1.54, 1.807) is 60.7 Å². The molecule has 0 heterocycles. The van der Waals surface area contributed by atoms with Crippen LogP contribution >= 0.6 is 0 Å². The van der Waals surface area contributed by atoms with Crippen molar-refractivity contribution >= 4 is 24.3 Å². The van der Waals surface area contributed by atoms with Crippen LogP contribution < -0.4 is 0 Å². The Kier molecular flexibility index (Phi) is 6.34. The molecule has 0 saturated carbocycles. The van der Waals surface area contributed by atoms with Crippen LogP contribution in [0.15, 0.2) is 80.6 Å². The molecule has 0 aliphatic heterocycles. The number of hydrogen-bond acceptors (Lipinski definition) is 8. The molecule has 0 amide bonds. The van der Waals surface area contributed by atoms with E-state index < -0.39 is 11.2 Å². The van der Waals surface area contributed by atoms with Gasteiger partial charge in [-0.25, -0.2) is 24.2 Å². The highest BCUT2D eigenvalue weighted by Gasteiger charge is 2.56. The minimum absolute atomic E-state index is 0.369. The van der Waals surface area contributed by atoms with Crippen LogP contribution in [-0.4, -0.2) is 36.7 Å². The van der Waals surface area contributed by atoms with Crippen molar-refractivity contribution in [2.75, 3.05) is 6.54 Å². The lowest BCUT2D eigenvalue weighted by Gasteiger charge is -2.40. The van der Waals surface area contributed by atoms with Crippen molar-refractivity contribution < 1.29 is 19.2 Å². The second kappa shape index (κ2) is 8.88. The summed E-state index contributed by atoms with van der Waals surface area (Å²) in [6.45, 7) is -0.369. The number of aliphatic imine (C=N–C) groups is 4. The van der Waals surface area contributed by atoms with E-state index in [9.17, 15) is 19.2 Å². The summed E-state index contributed by atoms with van der Waals surface area (Å²) in [5, 5.41) is 0. The summed E-state index contributed by atoms with van der Waals surface area (Å²) in [6.07, 6.45) is 5.28. The third-order valence-electron chi connectivity index (χ3n) is 4.09. The van der Waals surface area contributed by atoms with Gasteiger partial charge in [-0.3, -0.25) is 0 Å². The van der Waals surface area contributed by atoms with E-state index >= 15 is 0 Å². The molecule has 0 bridgehead atoms. The van der Waals surface area contributed by atoms with Crippen molar-refractivity contribution in [2.45, 2.75) is 11.2 Å². The summed E-state index contributed by atoms with van der Waals surface area (Å²) >= 11 is 0. The van der Waals surface area contributed by atoms with Gasteiger partial charge < -0.3 is 0 Å². The number of carbonyl (C=O) groups excluding carboxylic acids is 4. The minimum Gasteiger partial charge on any atom is -0.211 e. The highest BCUT2D eigenvalue weighted by Crippen LogP contribution is 2.46. The minimum atomic E-state index is -2.35. The van der Waals surface area contributed by atoms with Crippen LogP contribution in [0, 0.1) is 0 Å². The van der Waals surface area contributed by atoms with E-state index in [4.69, 9.17) is 0 Å². The van der Waals surface area contributed by atoms with Crippen molar-refractivity contribution in [2.24, 2.45) is 20.0 Å². The van der Waals surface area contributed by atoms with Gasteiger partial charge in [0.2, 0.25) is 24.3 Å². The summed E-state index contributed by atoms with van der Waals surface area (Å²) < 4.78 is 0. The van der Waals surface area contributed by atoms with Gasteiger partial charge in [0.15, 0.2) is 0 Å². The standard InChI is InChI=1S/C19H12N4O4/c24-12-20-11-18(16-7-3-1-4-8-16,17-9-5-2-6-10-17)19(21-13-25,22-14-26)23-15-27/h1-10H,11H2. The first kappa shape index (κ1) is 19.3. The fourth-order valence-corrected chi connectivity index (χ4v) is 2.99.